The standard InChI is InChI=1S/C27H26FN5OS/c1-20-12-14-22(15-13-20)18-34-26-30-17-24(28)25(32-26)33(29)27(31-16-21-8-4-2-5-9-21)35-19-23-10-6-3-7-11-23/h2-15,17H,16,18-19,29H2,1H3/b31-27-. The zero-order chi connectivity index (χ0) is 24.5. The van der Waals surface area contributed by atoms with Crippen LogP contribution in [0.1, 0.15) is 22.3 Å². The van der Waals surface area contributed by atoms with E-state index in [1.165, 1.54) is 11.8 Å². The molecule has 0 aliphatic carbocycles. The van der Waals surface area contributed by atoms with Crippen LogP contribution >= 0.6 is 11.8 Å². The summed E-state index contributed by atoms with van der Waals surface area (Å²) in [5.74, 6) is 6.20. The smallest absolute Gasteiger partial charge is 0.318 e. The Hall–Kier alpha value is -3.75. The molecule has 3 aromatic carbocycles. The second-order valence-electron chi connectivity index (χ2n) is 7.83. The number of nitrogens with zero attached hydrogens (tertiary/aromatic N) is 4. The molecule has 1 aromatic heterocycles. The average molecular weight is 488 g/mol. The van der Waals surface area contributed by atoms with E-state index in [1.54, 1.807) is 0 Å². The minimum Gasteiger partial charge on any atom is -0.459 e. The highest BCUT2D eigenvalue weighted by atomic mass is 32.2. The van der Waals surface area contributed by atoms with E-state index in [-0.39, 0.29) is 18.4 Å². The summed E-state index contributed by atoms with van der Waals surface area (Å²) in [7, 11) is 0. The molecule has 0 saturated heterocycles. The van der Waals surface area contributed by atoms with E-state index >= 15 is 0 Å². The first-order valence-corrected chi connectivity index (χ1v) is 12.1. The minimum absolute atomic E-state index is 0.0351. The molecule has 2 N–H and O–H groups in total. The molecule has 4 rings (SSSR count). The fourth-order valence-corrected chi connectivity index (χ4v) is 4.03. The third-order valence-electron chi connectivity index (χ3n) is 5.08. The Morgan fingerprint density at radius 1 is 0.943 bits per heavy atom. The third-order valence-corrected chi connectivity index (χ3v) is 6.14. The monoisotopic (exact) mass is 487 g/mol. The van der Waals surface area contributed by atoms with Crippen LogP contribution in [0.5, 0.6) is 6.01 Å². The minimum atomic E-state index is -0.664. The van der Waals surface area contributed by atoms with Crippen LogP contribution in [-0.4, -0.2) is 15.1 Å². The number of hydrazine groups is 1. The number of halogens is 1. The van der Waals surface area contributed by atoms with Crippen LogP contribution in [0.4, 0.5) is 10.2 Å². The molecule has 0 saturated carbocycles. The molecule has 178 valence electrons. The second kappa shape index (κ2) is 12.1. The molecule has 0 unspecified atom stereocenters. The predicted octanol–water partition coefficient (Wildman–Crippen LogP) is 5.67. The van der Waals surface area contributed by atoms with Gasteiger partial charge >= 0.3 is 6.01 Å². The van der Waals surface area contributed by atoms with Crippen LogP contribution in [0.15, 0.2) is 96.1 Å². The van der Waals surface area contributed by atoms with Crippen LogP contribution in [0, 0.1) is 12.7 Å². The molecule has 0 bridgehead atoms. The van der Waals surface area contributed by atoms with Crippen LogP contribution in [0.3, 0.4) is 0 Å². The van der Waals surface area contributed by atoms with Gasteiger partial charge in [0.25, 0.3) is 0 Å². The molecule has 0 atom stereocenters. The topological polar surface area (TPSA) is 76.6 Å². The molecule has 6 nitrogen and oxygen atoms in total. The van der Waals surface area contributed by atoms with Gasteiger partial charge in [0.1, 0.15) is 6.61 Å². The van der Waals surface area contributed by atoms with Gasteiger partial charge in [0, 0.05) is 5.75 Å². The number of rotatable bonds is 8. The van der Waals surface area contributed by atoms with Gasteiger partial charge in [-0.25, -0.2) is 20.2 Å². The maximum atomic E-state index is 14.7. The molecule has 0 aliphatic rings. The summed E-state index contributed by atoms with van der Waals surface area (Å²) in [4.78, 5) is 12.9. The van der Waals surface area contributed by atoms with Gasteiger partial charge in [-0.3, -0.25) is 4.99 Å². The van der Waals surface area contributed by atoms with Crippen LogP contribution in [0.2, 0.25) is 0 Å². The van der Waals surface area contributed by atoms with E-state index in [4.69, 9.17) is 10.6 Å². The first kappa shape index (κ1) is 24.4. The molecule has 0 amide bonds. The number of hydrogen-bond acceptors (Lipinski definition) is 6. The number of aliphatic imine (C=N–C) groups is 1. The van der Waals surface area contributed by atoms with E-state index in [9.17, 15) is 4.39 Å². The molecule has 1 heterocycles. The first-order chi connectivity index (χ1) is 17.1. The lowest BCUT2D eigenvalue weighted by molar-refractivity contribution is 0.279. The number of nitrogens with two attached hydrogens (primary N) is 1. The van der Waals surface area contributed by atoms with Gasteiger partial charge in [-0.1, -0.05) is 102 Å². The lowest BCUT2D eigenvalue weighted by atomic mass is 10.2. The van der Waals surface area contributed by atoms with Gasteiger partial charge < -0.3 is 4.74 Å². The summed E-state index contributed by atoms with van der Waals surface area (Å²) in [5.41, 5.74) is 4.23. The van der Waals surface area contributed by atoms with Crippen molar-refractivity contribution in [3.05, 3.63) is 119 Å². The number of benzene rings is 3. The highest BCUT2D eigenvalue weighted by Gasteiger charge is 2.19. The molecule has 0 fully saturated rings. The summed E-state index contributed by atoms with van der Waals surface area (Å²) in [6.45, 7) is 2.67. The molecule has 0 radical (unpaired) electrons. The van der Waals surface area contributed by atoms with E-state index < -0.39 is 5.82 Å². The Kier molecular flexibility index (Phi) is 8.43. The molecular weight excluding hydrogens is 461 g/mol. The van der Waals surface area contributed by atoms with E-state index in [2.05, 4.69) is 15.0 Å². The SMILES string of the molecule is Cc1ccc(COc2ncc(F)c(N(N)/C(=N/Cc3ccccc3)SCc3ccccc3)n2)cc1. The van der Waals surface area contributed by atoms with Crippen molar-refractivity contribution < 1.29 is 9.13 Å². The number of ether oxygens (including phenoxy) is 1. The second-order valence-corrected chi connectivity index (χ2v) is 8.77. The Bertz CT molecular complexity index is 1250. The molecule has 0 aliphatic heterocycles. The predicted molar refractivity (Wildman–Crippen MR) is 139 cm³/mol. The van der Waals surface area contributed by atoms with Gasteiger partial charge in [-0.2, -0.15) is 4.98 Å². The van der Waals surface area contributed by atoms with Crippen molar-refractivity contribution in [2.45, 2.75) is 25.8 Å². The number of anilines is 1. The van der Waals surface area contributed by atoms with Gasteiger partial charge in [0.2, 0.25) is 0 Å². The van der Waals surface area contributed by atoms with Crippen LogP contribution < -0.4 is 15.6 Å². The molecule has 8 heteroatoms. The summed E-state index contributed by atoms with van der Waals surface area (Å²) in [5, 5.41) is 1.59. The summed E-state index contributed by atoms with van der Waals surface area (Å²) >= 11 is 1.41. The van der Waals surface area contributed by atoms with Crippen molar-refractivity contribution in [1.82, 2.24) is 9.97 Å². The van der Waals surface area contributed by atoms with Crippen molar-refractivity contribution in [2.75, 3.05) is 5.01 Å². The van der Waals surface area contributed by atoms with Crippen LogP contribution in [-0.2, 0) is 18.9 Å². The molecule has 4 aromatic rings. The van der Waals surface area contributed by atoms with Crippen LogP contribution in [0.25, 0.3) is 0 Å². The van der Waals surface area contributed by atoms with Gasteiger partial charge in [0.15, 0.2) is 16.8 Å². The number of aryl methyl sites for hydroxylation is 1. The Balaban J connectivity index is 1.53. The zero-order valence-electron chi connectivity index (χ0n) is 19.3. The van der Waals surface area contributed by atoms with Crippen molar-refractivity contribution in [1.29, 1.82) is 0 Å². The maximum absolute atomic E-state index is 14.7. The fourth-order valence-electron chi connectivity index (χ4n) is 3.16. The van der Waals surface area contributed by atoms with E-state index in [1.807, 2.05) is 91.9 Å². The number of aromatic nitrogens is 2. The summed E-state index contributed by atoms with van der Waals surface area (Å²) < 4.78 is 20.4. The fraction of sp³-hybridized carbons (Fsp3) is 0.148. The molecule has 35 heavy (non-hydrogen) atoms. The lowest BCUT2D eigenvalue weighted by Gasteiger charge is -2.20. The highest BCUT2D eigenvalue weighted by molar-refractivity contribution is 8.13. The van der Waals surface area contributed by atoms with E-state index in [0.717, 1.165) is 33.5 Å². The number of hydrogen-bond donors (Lipinski definition) is 1. The van der Waals surface area contributed by atoms with Crippen molar-refractivity contribution >= 4 is 22.7 Å². The quantitative estimate of drug-likeness (QED) is 0.149. The zero-order valence-corrected chi connectivity index (χ0v) is 20.2. The number of thioether (sulfide) groups is 1. The Morgan fingerprint density at radius 2 is 1.60 bits per heavy atom. The summed E-state index contributed by atoms with van der Waals surface area (Å²) in [6, 6.07) is 27.7. The van der Waals surface area contributed by atoms with Crippen molar-refractivity contribution in [3.8, 4) is 6.01 Å². The van der Waals surface area contributed by atoms with Crippen molar-refractivity contribution in [2.24, 2.45) is 10.8 Å². The van der Waals surface area contributed by atoms with Gasteiger partial charge in [0.05, 0.1) is 12.7 Å². The Labute approximate surface area is 208 Å². The van der Waals surface area contributed by atoms with Crippen molar-refractivity contribution in [3.63, 3.8) is 0 Å². The first-order valence-electron chi connectivity index (χ1n) is 11.1. The van der Waals surface area contributed by atoms with Gasteiger partial charge in [-0.05, 0) is 23.6 Å². The highest BCUT2D eigenvalue weighted by Crippen LogP contribution is 2.23. The van der Waals surface area contributed by atoms with Gasteiger partial charge in [-0.15, -0.1) is 0 Å². The Morgan fingerprint density at radius 3 is 2.29 bits per heavy atom. The third kappa shape index (κ3) is 7.11. The maximum Gasteiger partial charge on any atom is 0.318 e. The molecule has 0 spiro atoms. The average Bonchev–Trinajstić information content (AvgIpc) is 2.90. The normalized spacial score (nSPS) is 11.3. The largest absolute Gasteiger partial charge is 0.459 e. The summed E-state index contributed by atoms with van der Waals surface area (Å²) in [6.07, 6.45) is 1.06. The lowest BCUT2D eigenvalue weighted by Crippen LogP contribution is -2.37. The molecular formula is C27H26FN5OS. The van der Waals surface area contributed by atoms with E-state index in [0.29, 0.717) is 17.5 Å². The number of amidine groups is 1.